The number of carbonyl (C=O) groups is 4. The first-order valence-corrected chi connectivity index (χ1v) is 15.4. The van der Waals surface area contributed by atoms with E-state index in [0.29, 0.717) is 33.4 Å². The second-order valence-corrected chi connectivity index (χ2v) is 13.0. The van der Waals surface area contributed by atoms with E-state index in [1.165, 1.54) is 10.5 Å². The Kier molecular flexibility index (Phi) is 6.85. The number of carbonyl (C=O) groups excluding carboxylic acids is 4. The standard InChI is InChI=1S/C36H29BrN2O5/c1-18-4-5-22(12-19(18)2)31(40)17-44-36(43)28-16-30(38-29-11-8-24(37)15-27(28)29)21-6-9-25(10-7-21)39-34(41)32-23-13-20(3)26(14-23)33(32)35(39)42/h4-13,15-16,23,26,32-33H,14,17H2,1-3H3. The van der Waals surface area contributed by atoms with Gasteiger partial charge in [-0.15, -0.1) is 0 Å². The highest BCUT2D eigenvalue weighted by Crippen LogP contribution is 2.56. The average Bonchev–Trinajstić information content (AvgIpc) is 3.66. The van der Waals surface area contributed by atoms with Crippen LogP contribution in [0.25, 0.3) is 22.2 Å². The number of pyridine rings is 1. The molecule has 220 valence electrons. The lowest BCUT2D eigenvalue weighted by Crippen LogP contribution is -2.32. The van der Waals surface area contributed by atoms with Gasteiger partial charge in [0.1, 0.15) is 0 Å². The van der Waals surface area contributed by atoms with Gasteiger partial charge >= 0.3 is 5.97 Å². The van der Waals surface area contributed by atoms with Crippen molar-refractivity contribution >= 4 is 56.1 Å². The number of nitrogens with zero attached hydrogens (tertiary/aromatic N) is 2. The van der Waals surface area contributed by atoms with Gasteiger partial charge in [0.05, 0.1) is 34.3 Å². The summed E-state index contributed by atoms with van der Waals surface area (Å²) in [6.07, 6.45) is 3.05. The molecule has 1 aliphatic heterocycles. The highest BCUT2D eigenvalue weighted by atomic mass is 79.9. The number of rotatable bonds is 6. The first kappa shape index (κ1) is 28.3. The van der Waals surface area contributed by atoms with Crippen LogP contribution in [0.5, 0.6) is 0 Å². The Morgan fingerprint density at radius 2 is 1.66 bits per heavy atom. The van der Waals surface area contributed by atoms with Crippen LogP contribution >= 0.6 is 15.9 Å². The van der Waals surface area contributed by atoms with Gasteiger partial charge in [0, 0.05) is 21.0 Å². The molecule has 7 nitrogen and oxygen atoms in total. The second-order valence-electron chi connectivity index (χ2n) is 12.0. The molecule has 2 bridgehead atoms. The van der Waals surface area contributed by atoms with Gasteiger partial charge in [0.15, 0.2) is 12.4 Å². The minimum Gasteiger partial charge on any atom is -0.454 e. The zero-order chi connectivity index (χ0) is 30.9. The summed E-state index contributed by atoms with van der Waals surface area (Å²) in [6, 6.07) is 19.6. The highest BCUT2D eigenvalue weighted by Gasteiger charge is 2.60. The van der Waals surface area contributed by atoms with E-state index in [0.717, 1.165) is 22.0 Å². The number of benzene rings is 3. The molecule has 1 saturated carbocycles. The Balaban J connectivity index is 1.16. The minimum absolute atomic E-state index is 0.123. The molecule has 4 unspecified atom stereocenters. The summed E-state index contributed by atoms with van der Waals surface area (Å²) in [7, 11) is 0. The molecule has 2 fully saturated rings. The van der Waals surface area contributed by atoms with E-state index < -0.39 is 5.97 Å². The van der Waals surface area contributed by atoms with Gasteiger partial charge in [-0.2, -0.15) is 0 Å². The molecule has 1 aromatic heterocycles. The number of Topliss-reactive ketones (excluding diaryl/α,β-unsaturated/α-hetero) is 1. The van der Waals surface area contributed by atoms with Crippen LogP contribution in [0.4, 0.5) is 5.69 Å². The van der Waals surface area contributed by atoms with Crippen molar-refractivity contribution in [3.8, 4) is 11.3 Å². The number of imide groups is 1. The maximum atomic E-state index is 13.4. The Hall–Kier alpha value is -4.43. The van der Waals surface area contributed by atoms with Crippen molar-refractivity contribution in [1.29, 1.82) is 0 Å². The fourth-order valence-corrected chi connectivity index (χ4v) is 7.39. The molecule has 2 heterocycles. The third-order valence-electron chi connectivity index (χ3n) is 9.46. The Morgan fingerprint density at radius 1 is 0.909 bits per heavy atom. The molecular formula is C36H29BrN2O5. The SMILES string of the molecule is CC1=CC2CC1C1C(=O)N(c3ccc(-c4cc(C(=O)OCC(=O)c5ccc(C)c(C)c5)c5cc(Br)ccc5n4)cc3)C(=O)C21. The van der Waals surface area contributed by atoms with Crippen LogP contribution in [0.1, 0.15) is 45.2 Å². The fraction of sp³-hybridized carbons (Fsp3) is 0.250. The molecule has 3 aliphatic rings. The predicted octanol–water partition coefficient (Wildman–Crippen LogP) is 7.02. The lowest BCUT2D eigenvalue weighted by Gasteiger charge is -2.19. The van der Waals surface area contributed by atoms with Gasteiger partial charge in [-0.3, -0.25) is 19.3 Å². The molecule has 8 heteroatoms. The number of hydrogen-bond acceptors (Lipinski definition) is 6. The lowest BCUT2D eigenvalue weighted by molar-refractivity contribution is -0.123. The molecule has 44 heavy (non-hydrogen) atoms. The zero-order valence-electron chi connectivity index (χ0n) is 24.5. The van der Waals surface area contributed by atoms with E-state index >= 15 is 0 Å². The van der Waals surface area contributed by atoms with Crippen molar-refractivity contribution < 1.29 is 23.9 Å². The molecular weight excluding hydrogens is 620 g/mol. The number of allylic oxidation sites excluding steroid dienone is 2. The average molecular weight is 650 g/mol. The number of anilines is 1. The van der Waals surface area contributed by atoms with Crippen LogP contribution in [0, 0.1) is 37.5 Å². The van der Waals surface area contributed by atoms with Crippen LogP contribution in [-0.4, -0.2) is 35.2 Å². The van der Waals surface area contributed by atoms with Crippen LogP contribution in [-0.2, 0) is 14.3 Å². The number of hydrogen-bond donors (Lipinski definition) is 0. The third kappa shape index (κ3) is 4.59. The second kappa shape index (κ2) is 10.6. The summed E-state index contributed by atoms with van der Waals surface area (Å²) in [5.41, 5.74) is 6.39. The molecule has 0 N–H and O–H groups in total. The maximum absolute atomic E-state index is 13.4. The summed E-state index contributed by atoms with van der Waals surface area (Å²) in [4.78, 5) is 59.1. The van der Waals surface area contributed by atoms with Gasteiger partial charge < -0.3 is 4.74 Å². The van der Waals surface area contributed by atoms with E-state index in [1.807, 2.05) is 26.0 Å². The van der Waals surface area contributed by atoms with Crippen molar-refractivity contribution in [3.05, 3.63) is 105 Å². The molecule has 7 rings (SSSR count). The molecule has 0 spiro atoms. The van der Waals surface area contributed by atoms with E-state index in [4.69, 9.17) is 9.72 Å². The largest absolute Gasteiger partial charge is 0.454 e. The smallest absolute Gasteiger partial charge is 0.339 e. The van der Waals surface area contributed by atoms with Crippen LogP contribution in [0.2, 0.25) is 0 Å². The van der Waals surface area contributed by atoms with Gasteiger partial charge in [0.25, 0.3) is 0 Å². The highest BCUT2D eigenvalue weighted by molar-refractivity contribution is 9.10. The molecule has 2 amide bonds. The molecule has 3 aromatic carbocycles. The number of ketones is 1. The molecule has 2 aliphatic carbocycles. The number of fused-ring (bicyclic) bond motifs is 6. The number of esters is 1. The number of ether oxygens (including phenoxy) is 1. The van der Waals surface area contributed by atoms with Crippen LogP contribution < -0.4 is 4.90 Å². The lowest BCUT2D eigenvalue weighted by atomic mass is 9.82. The minimum atomic E-state index is -0.635. The van der Waals surface area contributed by atoms with Gasteiger partial charge in [-0.1, -0.05) is 51.8 Å². The molecule has 4 aromatic rings. The van der Waals surface area contributed by atoms with Crippen molar-refractivity contribution in [3.63, 3.8) is 0 Å². The Bertz CT molecular complexity index is 1950. The molecule has 1 saturated heterocycles. The fourth-order valence-electron chi connectivity index (χ4n) is 7.03. The summed E-state index contributed by atoms with van der Waals surface area (Å²) in [5, 5.41) is 0.585. The summed E-state index contributed by atoms with van der Waals surface area (Å²) in [6.45, 7) is 5.57. The predicted molar refractivity (Wildman–Crippen MR) is 170 cm³/mol. The first-order chi connectivity index (χ1) is 21.1. The van der Waals surface area contributed by atoms with Gasteiger partial charge in [-0.25, -0.2) is 9.78 Å². The van der Waals surface area contributed by atoms with Crippen molar-refractivity contribution in [1.82, 2.24) is 4.98 Å². The van der Waals surface area contributed by atoms with E-state index in [-0.39, 0.29) is 53.4 Å². The van der Waals surface area contributed by atoms with E-state index in [9.17, 15) is 19.2 Å². The van der Waals surface area contributed by atoms with Gasteiger partial charge in [-0.05, 0) is 92.6 Å². The first-order valence-electron chi connectivity index (χ1n) is 14.6. The molecule has 0 radical (unpaired) electrons. The summed E-state index contributed by atoms with van der Waals surface area (Å²) in [5.74, 6) is -1.41. The van der Waals surface area contributed by atoms with Crippen molar-refractivity contribution in [2.75, 3.05) is 11.5 Å². The number of amides is 2. The maximum Gasteiger partial charge on any atom is 0.339 e. The van der Waals surface area contributed by atoms with Gasteiger partial charge in [0.2, 0.25) is 11.8 Å². The summed E-state index contributed by atoms with van der Waals surface area (Å²) < 4.78 is 6.28. The number of aryl methyl sites for hydroxylation is 2. The summed E-state index contributed by atoms with van der Waals surface area (Å²) >= 11 is 3.47. The molecule has 4 atom stereocenters. The van der Waals surface area contributed by atoms with Crippen LogP contribution in [0.15, 0.2) is 82.9 Å². The Morgan fingerprint density at radius 3 is 2.41 bits per heavy atom. The van der Waals surface area contributed by atoms with E-state index in [2.05, 4.69) is 28.9 Å². The Labute approximate surface area is 263 Å². The quantitative estimate of drug-likeness (QED) is 0.0965. The normalized spacial score (nSPS) is 22.0. The zero-order valence-corrected chi connectivity index (χ0v) is 26.1. The number of halogens is 1. The van der Waals surface area contributed by atoms with Crippen molar-refractivity contribution in [2.24, 2.45) is 23.7 Å². The van der Waals surface area contributed by atoms with E-state index in [1.54, 1.807) is 54.6 Å². The number of aromatic nitrogens is 1. The topological polar surface area (TPSA) is 93.6 Å². The van der Waals surface area contributed by atoms with Crippen molar-refractivity contribution in [2.45, 2.75) is 27.2 Å². The third-order valence-corrected chi connectivity index (χ3v) is 9.95. The monoisotopic (exact) mass is 648 g/mol. The van der Waals surface area contributed by atoms with Crippen LogP contribution in [0.3, 0.4) is 0 Å².